The van der Waals surface area contributed by atoms with Crippen LogP contribution in [0, 0.1) is 11.8 Å². The SMILES string of the molecule is O=C1NC[C@H]2CN(C(=O)c3cc(=O)c4ccccc4o3)C[C@@H]12. The number of hydrogen-bond acceptors (Lipinski definition) is 4. The number of nitrogens with zero attached hydrogens (tertiary/aromatic N) is 1. The lowest BCUT2D eigenvalue weighted by Gasteiger charge is -2.16. The van der Waals surface area contributed by atoms with Crippen molar-refractivity contribution in [1.82, 2.24) is 10.2 Å². The lowest BCUT2D eigenvalue weighted by Crippen LogP contribution is -2.33. The number of nitrogens with one attached hydrogen (secondary N) is 1. The molecule has 4 rings (SSSR count). The van der Waals surface area contributed by atoms with Crippen LogP contribution in [0.2, 0.25) is 0 Å². The first-order chi connectivity index (χ1) is 10.6. The number of carbonyl (C=O) groups is 2. The van der Waals surface area contributed by atoms with Crippen LogP contribution in [0.3, 0.4) is 0 Å². The van der Waals surface area contributed by atoms with Crippen LogP contribution in [0.15, 0.2) is 39.5 Å². The highest BCUT2D eigenvalue weighted by Crippen LogP contribution is 2.28. The van der Waals surface area contributed by atoms with Gasteiger partial charge in [-0.1, -0.05) is 12.1 Å². The Labute approximate surface area is 125 Å². The summed E-state index contributed by atoms with van der Waals surface area (Å²) in [6.07, 6.45) is 0. The summed E-state index contributed by atoms with van der Waals surface area (Å²) >= 11 is 0. The Hall–Kier alpha value is -2.63. The van der Waals surface area contributed by atoms with Gasteiger partial charge in [-0.3, -0.25) is 14.4 Å². The summed E-state index contributed by atoms with van der Waals surface area (Å²) < 4.78 is 5.57. The molecule has 6 heteroatoms. The second-order valence-corrected chi connectivity index (χ2v) is 5.79. The Morgan fingerprint density at radius 2 is 2.05 bits per heavy atom. The molecule has 0 bridgehead atoms. The zero-order chi connectivity index (χ0) is 15.3. The molecule has 2 atom stereocenters. The van der Waals surface area contributed by atoms with E-state index in [1.165, 1.54) is 6.07 Å². The van der Waals surface area contributed by atoms with E-state index in [4.69, 9.17) is 4.42 Å². The zero-order valence-corrected chi connectivity index (χ0v) is 11.7. The zero-order valence-electron chi connectivity index (χ0n) is 11.7. The van der Waals surface area contributed by atoms with Crippen molar-refractivity contribution in [1.29, 1.82) is 0 Å². The summed E-state index contributed by atoms with van der Waals surface area (Å²) in [5, 5.41) is 3.26. The van der Waals surface area contributed by atoms with Crippen LogP contribution in [0.1, 0.15) is 10.6 Å². The molecule has 1 aromatic heterocycles. The predicted octanol–water partition coefficient (Wildman–Crippen LogP) is 0.611. The van der Waals surface area contributed by atoms with E-state index in [1.54, 1.807) is 29.2 Å². The van der Waals surface area contributed by atoms with Crippen molar-refractivity contribution in [3.8, 4) is 0 Å². The molecule has 112 valence electrons. The molecular weight excluding hydrogens is 284 g/mol. The maximum atomic E-state index is 12.5. The van der Waals surface area contributed by atoms with Crippen molar-refractivity contribution in [3.05, 3.63) is 46.3 Å². The summed E-state index contributed by atoms with van der Waals surface area (Å²) in [5.41, 5.74) is 0.165. The highest BCUT2D eigenvalue weighted by Gasteiger charge is 2.44. The Morgan fingerprint density at radius 3 is 2.86 bits per heavy atom. The van der Waals surface area contributed by atoms with Crippen molar-refractivity contribution < 1.29 is 14.0 Å². The number of para-hydroxylation sites is 1. The number of amides is 2. The van der Waals surface area contributed by atoms with Gasteiger partial charge in [0.05, 0.1) is 11.3 Å². The van der Waals surface area contributed by atoms with E-state index < -0.39 is 0 Å². The van der Waals surface area contributed by atoms with Gasteiger partial charge < -0.3 is 14.6 Å². The molecule has 22 heavy (non-hydrogen) atoms. The third-order valence-corrected chi connectivity index (χ3v) is 4.45. The summed E-state index contributed by atoms with van der Waals surface area (Å²) in [7, 11) is 0. The Balaban J connectivity index is 1.66. The van der Waals surface area contributed by atoms with Crippen molar-refractivity contribution in [2.45, 2.75) is 0 Å². The van der Waals surface area contributed by atoms with Gasteiger partial charge in [0.25, 0.3) is 5.91 Å². The van der Waals surface area contributed by atoms with Crippen LogP contribution in [0.5, 0.6) is 0 Å². The van der Waals surface area contributed by atoms with Crippen LogP contribution in [-0.2, 0) is 4.79 Å². The van der Waals surface area contributed by atoms with Crippen LogP contribution < -0.4 is 10.7 Å². The highest BCUT2D eigenvalue weighted by molar-refractivity contribution is 5.94. The van der Waals surface area contributed by atoms with Gasteiger partial charge in [0.15, 0.2) is 11.2 Å². The molecule has 3 heterocycles. The molecular formula is C16H14N2O4. The molecule has 0 spiro atoms. The number of carbonyl (C=O) groups excluding carboxylic acids is 2. The second kappa shape index (κ2) is 4.69. The molecule has 2 saturated heterocycles. The molecule has 2 aliphatic heterocycles. The predicted molar refractivity (Wildman–Crippen MR) is 78.4 cm³/mol. The summed E-state index contributed by atoms with van der Waals surface area (Å²) in [6, 6.07) is 8.07. The van der Waals surface area contributed by atoms with Gasteiger partial charge in [0.1, 0.15) is 5.58 Å². The maximum Gasteiger partial charge on any atom is 0.289 e. The molecule has 1 N–H and O–H groups in total. The number of rotatable bonds is 1. The minimum absolute atomic E-state index is 0.000245. The van der Waals surface area contributed by atoms with E-state index in [0.29, 0.717) is 30.6 Å². The molecule has 0 radical (unpaired) electrons. The van der Waals surface area contributed by atoms with Gasteiger partial charge >= 0.3 is 0 Å². The number of likely N-dealkylation sites (tertiary alicyclic amines) is 1. The lowest BCUT2D eigenvalue weighted by atomic mass is 10.0. The number of hydrogen-bond donors (Lipinski definition) is 1. The van der Waals surface area contributed by atoms with Gasteiger partial charge in [-0.15, -0.1) is 0 Å². The van der Waals surface area contributed by atoms with Crippen molar-refractivity contribution in [2.75, 3.05) is 19.6 Å². The van der Waals surface area contributed by atoms with Gasteiger partial charge in [-0.25, -0.2) is 0 Å². The fourth-order valence-electron chi connectivity index (χ4n) is 3.27. The van der Waals surface area contributed by atoms with Crippen LogP contribution in [0.25, 0.3) is 11.0 Å². The van der Waals surface area contributed by atoms with Crippen molar-refractivity contribution >= 4 is 22.8 Å². The molecule has 6 nitrogen and oxygen atoms in total. The third kappa shape index (κ3) is 1.91. The van der Waals surface area contributed by atoms with E-state index in [-0.39, 0.29) is 34.8 Å². The molecule has 2 aromatic rings. The van der Waals surface area contributed by atoms with E-state index in [9.17, 15) is 14.4 Å². The summed E-state index contributed by atoms with van der Waals surface area (Å²) in [6.45, 7) is 1.50. The average Bonchev–Trinajstić information content (AvgIpc) is 3.09. The normalized spacial score (nSPS) is 23.6. The monoisotopic (exact) mass is 298 g/mol. The molecule has 0 unspecified atom stereocenters. The molecule has 0 aliphatic carbocycles. The largest absolute Gasteiger partial charge is 0.451 e. The van der Waals surface area contributed by atoms with Crippen LogP contribution in [-0.4, -0.2) is 36.3 Å². The topological polar surface area (TPSA) is 79.6 Å². The highest BCUT2D eigenvalue weighted by atomic mass is 16.3. The summed E-state index contributed by atoms with van der Waals surface area (Å²) in [5.74, 6) is -0.283. The number of fused-ring (bicyclic) bond motifs is 2. The molecule has 0 saturated carbocycles. The molecule has 2 fully saturated rings. The smallest absolute Gasteiger partial charge is 0.289 e. The van der Waals surface area contributed by atoms with Crippen molar-refractivity contribution in [2.24, 2.45) is 11.8 Å². The van der Waals surface area contributed by atoms with Crippen molar-refractivity contribution in [3.63, 3.8) is 0 Å². The Bertz CT molecular complexity index is 841. The fourth-order valence-corrected chi connectivity index (χ4v) is 3.27. The molecule has 2 aliphatic rings. The van der Waals surface area contributed by atoms with E-state index in [0.717, 1.165) is 0 Å². The lowest BCUT2D eigenvalue weighted by molar-refractivity contribution is -0.122. The summed E-state index contributed by atoms with van der Waals surface area (Å²) in [4.78, 5) is 37.9. The molecule has 2 amide bonds. The third-order valence-electron chi connectivity index (χ3n) is 4.45. The van der Waals surface area contributed by atoms with E-state index >= 15 is 0 Å². The Kier molecular flexibility index (Phi) is 2.79. The van der Waals surface area contributed by atoms with Gasteiger partial charge in [0, 0.05) is 31.6 Å². The van der Waals surface area contributed by atoms with Crippen LogP contribution >= 0.6 is 0 Å². The van der Waals surface area contributed by atoms with E-state index in [2.05, 4.69) is 5.32 Å². The Morgan fingerprint density at radius 1 is 1.23 bits per heavy atom. The van der Waals surface area contributed by atoms with Crippen LogP contribution in [0.4, 0.5) is 0 Å². The van der Waals surface area contributed by atoms with Gasteiger partial charge in [-0.2, -0.15) is 0 Å². The first-order valence-corrected chi connectivity index (χ1v) is 7.23. The maximum absolute atomic E-state index is 12.5. The van der Waals surface area contributed by atoms with Gasteiger partial charge in [-0.05, 0) is 12.1 Å². The minimum atomic E-state index is -0.329. The number of benzene rings is 1. The van der Waals surface area contributed by atoms with E-state index in [1.807, 2.05) is 0 Å². The average molecular weight is 298 g/mol. The second-order valence-electron chi connectivity index (χ2n) is 5.79. The molecule has 1 aromatic carbocycles. The standard InChI is InChI=1S/C16H14N2O4/c19-12-5-14(22-13-4-2-1-3-10(12)13)16(21)18-7-9-6-17-15(20)11(9)8-18/h1-5,9,11H,6-8H2,(H,17,20)/t9-,11+/m0/s1. The quantitative estimate of drug-likeness (QED) is 0.836. The van der Waals surface area contributed by atoms with Gasteiger partial charge in [0.2, 0.25) is 5.91 Å². The minimum Gasteiger partial charge on any atom is -0.451 e. The first-order valence-electron chi connectivity index (χ1n) is 7.23. The fraction of sp³-hybridized carbons (Fsp3) is 0.312. The first kappa shape index (κ1) is 13.1.